The molecule has 4 bridgehead atoms. The van der Waals surface area contributed by atoms with Gasteiger partial charge in [0.25, 0.3) is 16.6 Å². The van der Waals surface area contributed by atoms with Gasteiger partial charge < -0.3 is 27.8 Å². The van der Waals surface area contributed by atoms with Gasteiger partial charge in [-0.05, 0) is 43.0 Å². The van der Waals surface area contributed by atoms with Gasteiger partial charge in [-0.25, -0.2) is 0 Å². The Labute approximate surface area is 397 Å². The molecule has 0 spiro atoms. The molecule has 6 saturated heterocycles. The summed E-state index contributed by atoms with van der Waals surface area (Å²) in [5, 5.41) is 2.91. The number of ether oxygens (including phenoxy) is 4. The van der Waals surface area contributed by atoms with Crippen molar-refractivity contribution >= 4 is 77.7 Å². The average molecular weight is 965 g/mol. The lowest BCUT2D eigenvalue weighted by atomic mass is 9.99. The van der Waals surface area contributed by atoms with Gasteiger partial charge in [-0.1, -0.05) is 193 Å². The fourth-order valence-electron chi connectivity index (χ4n) is 10.5. The molecule has 5 aromatic rings. The Bertz CT molecular complexity index is 2330. The third kappa shape index (κ3) is 8.84. The van der Waals surface area contributed by atoms with Crippen molar-refractivity contribution in [3.63, 3.8) is 0 Å². The lowest BCUT2D eigenvalue weighted by molar-refractivity contribution is -0.288. The van der Waals surface area contributed by atoms with Gasteiger partial charge in [0.15, 0.2) is 12.4 Å². The van der Waals surface area contributed by atoms with Crippen molar-refractivity contribution in [3.05, 3.63) is 152 Å². The molecule has 5 aromatic carbocycles. The normalized spacial score (nSPS) is 29.1. The Balaban J connectivity index is 1.15. The van der Waals surface area contributed by atoms with Crippen LogP contribution in [-0.2, 0) is 43.4 Å². The highest BCUT2D eigenvalue weighted by molar-refractivity contribution is 8.01. The largest absolute Gasteiger partial charge is 0.457 e. The van der Waals surface area contributed by atoms with Crippen molar-refractivity contribution < 1.29 is 36.8 Å². The number of benzene rings is 5. The third-order valence-electron chi connectivity index (χ3n) is 13.3. The van der Waals surface area contributed by atoms with Crippen LogP contribution in [-0.4, -0.2) is 97.2 Å². The van der Waals surface area contributed by atoms with Gasteiger partial charge in [-0.3, -0.25) is 9.00 Å². The number of esters is 1. The molecule has 11 atom stereocenters. The van der Waals surface area contributed by atoms with Crippen LogP contribution in [0, 0.1) is 0 Å². The highest BCUT2D eigenvalue weighted by Crippen LogP contribution is 2.50. The fraction of sp³-hybridized carbons (Fsp3) is 0.404. The molecule has 6 heterocycles. The quantitative estimate of drug-likeness (QED) is 0.0866. The maximum Gasteiger partial charge on any atom is 0.303 e. The Morgan fingerprint density at radius 2 is 1.06 bits per heavy atom. The first-order valence-electron chi connectivity index (χ1n) is 22.6. The summed E-state index contributed by atoms with van der Waals surface area (Å²) in [6.45, 7) is 15.0. The van der Waals surface area contributed by atoms with Crippen molar-refractivity contribution in [1.82, 2.24) is 0 Å². The zero-order chi connectivity index (χ0) is 45.6. The molecule has 0 amide bonds. The van der Waals surface area contributed by atoms with Crippen LogP contribution in [0.5, 0.6) is 0 Å². The van der Waals surface area contributed by atoms with Crippen LogP contribution in [0.2, 0.25) is 10.1 Å². The molecule has 0 unspecified atom stereocenters. The number of thioether (sulfide) groups is 2. The van der Waals surface area contributed by atoms with E-state index in [-0.39, 0.29) is 21.3 Å². The molecule has 342 valence electrons. The predicted octanol–water partition coefficient (Wildman–Crippen LogP) is 7.68. The van der Waals surface area contributed by atoms with Gasteiger partial charge in [0.05, 0.1) is 28.5 Å². The summed E-state index contributed by atoms with van der Waals surface area (Å²) in [5.74, 6) is 0.539. The molecule has 0 radical (unpaired) electrons. The molecule has 6 aliphatic rings. The highest BCUT2D eigenvalue weighted by atomic mass is 32.2. The lowest BCUT2D eigenvalue weighted by Gasteiger charge is -2.57. The number of carbonyl (C=O) groups is 1. The summed E-state index contributed by atoms with van der Waals surface area (Å²) in [6, 6.07) is 52.4. The number of fused-ring (bicyclic) bond motifs is 6. The van der Waals surface area contributed by atoms with Crippen molar-refractivity contribution in [1.29, 1.82) is 0 Å². The monoisotopic (exact) mass is 964 g/mol. The van der Waals surface area contributed by atoms with Gasteiger partial charge in [0.2, 0.25) is 0 Å². The summed E-state index contributed by atoms with van der Waals surface area (Å²) in [5.41, 5.74) is -0.447. The number of hydrogen-bond acceptors (Lipinski definition) is 10. The van der Waals surface area contributed by atoms with Crippen LogP contribution >= 0.6 is 23.5 Å². The van der Waals surface area contributed by atoms with E-state index in [1.807, 2.05) is 42.5 Å². The molecule has 0 aromatic heterocycles. The molecule has 11 rings (SSSR count). The molecule has 65 heavy (non-hydrogen) atoms. The van der Waals surface area contributed by atoms with Gasteiger partial charge in [-0.2, -0.15) is 0 Å². The summed E-state index contributed by atoms with van der Waals surface area (Å²) in [4.78, 5) is 14.0. The van der Waals surface area contributed by atoms with Crippen molar-refractivity contribution in [3.8, 4) is 0 Å². The van der Waals surface area contributed by atoms with Gasteiger partial charge >= 0.3 is 5.97 Å². The minimum atomic E-state index is -3.22. The zero-order valence-corrected chi connectivity index (χ0v) is 42.6. The number of hydrogen-bond donors (Lipinski definition) is 0. The molecule has 0 aliphatic carbocycles. The van der Waals surface area contributed by atoms with Gasteiger partial charge in [0.1, 0.15) is 23.7 Å². The van der Waals surface area contributed by atoms with E-state index in [1.165, 1.54) is 6.92 Å². The average Bonchev–Trinajstić information content (AvgIpc) is 3.29. The predicted molar refractivity (Wildman–Crippen MR) is 268 cm³/mol. The van der Waals surface area contributed by atoms with Gasteiger partial charge in [0, 0.05) is 28.4 Å². The maximum absolute atomic E-state index is 14.8. The van der Waals surface area contributed by atoms with E-state index < -0.39 is 81.0 Å². The lowest BCUT2D eigenvalue weighted by Crippen LogP contribution is -2.76. The Kier molecular flexibility index (Phi) is 13.6. The molecule has 0 N–H and O–H groups in total. The van der Waals surface area contributed by atoms with E-state index in [4.69, 9.17) is 27.8 Å². The second-order valence-corrected chi connectivity index (χ2v) is 32.0. The summed E-state index contributed by atoms with van der Waals surface area (Å²) >= 11 is 3.34. The van der Waals surface area contributed by atoms with Gasteiger partial charge in [-0.15, -0.1) is 11.8 Å². The first kappa shape index (κ1) is 46.8. The SMILES string of the molecule is CC(=O)O[C@H]1[C@H](O[Si](c2ccccc2)(c2ccccc2)C(C)(C)C)[C@@H]2SC[C@H]1O[C@@H]2O[C@H]1[C@H](O[Si](c2ccccc2)(c2ccccc2)C(C)(C)C)[C@H]2[C@@H](Sc3ccccc3)O[C@@H]1C[S@]2=O. The third-order valence-corrected chi connectivity index (χ3v) is 27.9. The first-order chi connectivity index (χ1) is 31.2. The smallest absolute Gasteiger partial charge is 0.303 e. The fourth-order valence-corrected chi connectivity index (χ4v) is 24.7. The Hall–Kier alpha value is -3.35. The first-order valence-corrected chi connectivity index (χ1v) is 29.8. The van der Waals surface area contributed by atoms with Crippen LogP contribution in [0.3, 0.4) is 0 Å². The van der Waals surface area contributed by atoms with Crippen LogP contribution in [0.4, 0.5) is 0 Å². The Morgan fingerprint density at radius 1 is 0.615 bits per heavy atom. The molecular weight excluding hydrogens is 905 g/mol. The molecule has 6 fully saturated rings. The van der Waals surface area contributed by atoms with Crippen LogP contribution in [0.15, 0.2) is 157 Å². The van der Waals surface area contributed by atoms with E-state index in [0.717, 1.165) is 25.6 Å². The molecule has 0 saturated carbocycles. The van der Waals surface area contributed by atoms with Crippen LogP contribution in [0.25, 0.3) is 0 Å². The van der Waals surface area contributed by atoms with E-state index in [1.54, 1.807) is 23.5 Å². The second-order valence-electron chi connectivity index (χ2n) is 19.5. The van der Waals surface area contributed by atoms with Crippen molar-refractivity contribution in [2.75, 3.05) is 11.5 Å². The van der Waals surface area contributed by atoms with Crippen molar-refractivity contribution in [2.45, 2.75) is 122 Å². The minimum Gasteiger partial charge on any atom is -0.457 e. The van der Waals surface area contributed by atoms with E-state index >= 15 is 0 Å². The van der Waals surface area contributed by atoms with E-state index in [0.29, 0.717) is 11.5 Å². The maximum atomic E-state index is 14.8. The Morgan fingerprint density at radius 3 is 1.51 bits per heavy atom. The highest BCUT2D eigenvalue weighted by Gasteiger charge is 2.64. The van der Waals surface area contributed by atoms with Crippen LogP contribution in [0.1, 0.15) is 48.5 Å². The summed E-state index contributed by atoms with van der Waals surface area (Å²) in [7, 11) is -7.69. The zero-order valence-electron chi connectivity index (χ0n) is 38.1. The molecule has 6 aliphatic heterocycles. The summed E-state index contributed by atoms with van der Waals surface area (Å²) in [6.07, 6.45) is -4.36. The number of rotatable bonds is 13. The summed E-state index contributed by atoms with van der Waals surface area (Å²) < 4.78 is 58.3. The van der Waals surface area contributed by atoms with Crippen LogP contribution < -0.4 is 20.7 Å². The van der Waals surface area contributed by atoms with E-state index in [2.05, 4.69) is 151 Å². The molecule has 8 nitrogen and oxygen atoms in total. The number of carbonyl (C=O) groups excluding carboxylic acids is 1. The standard InChI is InChI=1S/C52H60O8S3Si2/c1-35(53)55-43-41-33-61-47(45(43)59-64(51(2,3)4,37-25-15-9-16-26-37)38-27-17-10-18-28-38)49(56-41)58-44-42-34-63(54)48(50(57-42)62-36-23-13-8-14-24-36)46(44)60-65(52(5,6)7,39-29-19-11-20-30-39)40-31-21-12-22-32-40/h8-32,41-50H,33-34H2,1-7H3/t41-,42-,43-,44-,45+,46+,47+,48+,49-,50-,63-/m1/s1. The molecular formula is C52H60O8S3Si2. The van der Waals surface area contributed by atoms with E-state index in [9.17, 15) is 9.00 Å². The van der Waals surface area contributed by atoms with Crippen molar-refractivity contribution in [2.24, 2.45) is 0 Å². The minimum absolute atomic E-state index is 0.313. The topological polar surface area (TPSA) is 89.5 Å². The second kappa shape index (κ2) is 19.0. The molecule has 13 heteroatoms.